The van der Waals surface area contributed by atoms with E-state index in [2.05, 4.69) is 5.32 Å². The van der Waals surface area contributed by atoms with Gasteiger partial charge >= 0.3 is 18.0 Å². The van der Waals surface area contributed by atoms with E-state index in [-0.39, 0.29) is 5.92 Å². The molecule has 1 heterocycles. The van der Waals surface area contributed by atoms with Gasteiger partial charge in [0.2, 0.25) is 0 Å². The van der Waals surface area contributed by atoms with Crippen LogP contribution in [-0.2, 0) is 19.1 Å². The van der Waals surface area contributed by atoms with Gasteiger partial charge in [0.05, 0.1) is 0 Å². The second-order valence-electron chi connectivity index (χ2n) is 5.78. The molecule has 2 atom stereocenters. The van der Waals surface area contributed by atoms with Gasteiger partial charge in [-0.2, -0.15) is 0 Å². The lowest BCUT2D eigenvalue weighted by Crippen LogP contribution is -2.47. The van der Waals surface area contributed by atoms with Gasteiger partial charge in [-0.25, -0.2) is 9.59 Å². The standard InChI is InChI=1S/C13H18N4O6/c1-6(9(19)15-11(14)21)23-8(18)5-17-10(20)13(2,7-3-4-7)16-12(17)22/h6-7H,3-5H2,1-2H3,(H,16,22)(H3,14,15,19,21). The molecule has 1 aliphatic heterocycles. The van der Waals surface area contributed by atoms with E-state index < -0.39 is 48.0 Å². The monoisotopic (exact) mass is 326 g/mol. The van der Waals surface area contributed by atoms with Crippen LogP contribution in [0.1, 0.15) is 26.7 Å². The van der Waals surface area contributed by atoms with Crippen molar-refractivity contribution in [2.45, 2.75) is 38.3 Å². The van der Waals surface area contributed by atoms with Gasteiger partial charge in [-0.15, -0.1) is 0 Å². The number of amides is 6. The van der Waals surface area contributed by atoms with Gasteiger partial charge in [0.15, 0.2) is 6.10 Å². The minimum atomic E-state index is -1.29. The molecule has 1 aliphatic carbocycles. The number of ether oxygens (including phenoxy) is 1. The zero-order valence-corrected chi connectivity index (χ0v) is 12.8. The molecule has 0 aromatic heterocycles. The van der Waals surface area contributed by atoms with Gasteiger partial charge in [0.25, 0.3) is 11.8 Å². The van der Waals surface area contributed by atoms with Crippen LogP contribution in [0.15, 0.2) is 0 Å². The van der Waals surface area contributed by atoms with Crippen molar-refractivity contribution in [2.75, 3.05) is 6.54 Å². The Bertz CT molecular complexity index is 587. The fourth-order valence-electron chi connectivity index (χ4n) is 2.44. The predicted octanol–water partition coefficient (Wildman–Crippen LogP) is -1.17. The minimum Gasteiger partial charge on any atom is -0.451 e. The van der Waals surface area contributed by atoms with Gasteiger partial charge in [-0.05, 0) is 32.6 Å². The maximum Gasteiger partial charge on any atom is 0.327 e. The molecule has 10 nitrogen and oxygen atoms in total. The van der Waals surface area contributed by atoms with Crippen LogP contribution in [0.2, 0.25) is 0 Å². The highest BCUT2D eigenvalue weighted by molar-refractivity contribution is 6.09. The molecule has 0 spiro atoms. The lowest BCUT2D eigenvalue weighted by molar-refractivity contribution is -0.156. The number of rotatable bonds is 5. The SMILES string of the molecule is CC(OC(=O)CN1C(=O)NC(C)(C2CC2)C1=O)C(=O)NC(N)=O. The molecule has 0 aromatic rings. The van der Waals surface area contributed by atoms with E-state index in [1.165, 1.54) is 6.92 Å². The van der Waals surface area contributed by atoms with Crippen LogP contribution in [0.4, 0.5) is 9.59 Å². The molecule has 2 fully saturated rings. The van der Waals surface area contributed by atoms with Crippen molar-refractivity contribution in [1.82, 2.24) is 15.5 Å². The van der Waals surface area contributed by atoms with Crippen LogP contribution < -0.4 is 16.4 Å². The third-order valence-electron chi connectivity index (χ3n) is 3.91. The maximum atomic E-state index is 12.3. The Morgan fingerprint density at radius 3 is 2.57 bits per heavy atom. The number of primary amides is 1. The highest BCUT2D eigenvalue weighted by Gasteiger charge is 2.56. The summed E-state index contributed by atoms with van der Waals surface area (Å²) in [6.07, 6.45) is 0.390. The van der Waals surface area contributed by atoms with Gasteiger partial charge in [0, 0.05) is 0 Å². The van der Waals surface area contributed by atoms with E-state index in [1.54, 1.807) is 12.2 Å². The largest absolute Gasteiger partial charge is 0.451 e. The van der Waals surface area contributed by atoms with Crippen molar-refractivity contribution < 1.29 is 28.7 Å². The second kappa shape index (κ2) is 5.86. The second-order valence-corrected chi connectivity index (χ2v) is 5.78. The molecule has 0 aromatic carbocycles. The Morgan fingerprint density at radius 2 is 2.04 bits per heavy atom. The molecule has 126 valence electrons. The van der Waals surface area contributed by atoms with E-state index >= 15 is 0 Å². The topological polar surface area (TPSA) is 148 Å². The summed E-state index contributed by atoms with van der Waals surface area (Å²) in [5.74, 6) is -2.26. The molecule has 1 saturated heterocycles. The Labute approximate surface area is 131 Å². The normalized spacial score (nSPS) is 24.9. The zero-order chi connectivity index (χ0) is 17.4. The fraction of sp³-hybridized carbons (Fsp3) is 0.615. The molecule has 6 amide bonds. The Balaban J connectivity index is 1.92. The van der Waals surface area contributed by atoms with E-state index in [0.29, 0.717) is 0 Å². The number of nitrogens with two attached hydrogens (primary N) is 1. The number of hydrogen-bond donors (Lipinski definition) is 3. The summed E-state index contributed by atoms with van der Waals surface area (Å²) in [5.41, 5.74) is 3.78. The molecule has 2 unspecified atom stereocenters. The molecule has 0 bridgehead atoms. The van der Waals surface area contributed by atoms with E-state index in [1.807, 2.05) is 0 Å². The molecule has 2 rings (SSSR count). The Morgan fingerprint density at radius 1 is 1.43 bits per heavy atom. The number of nitrogens with zero attached hydrogens (tertiary/aromatic N) is 1. The van der Waals surface area contributed by atoms with E-state index in [4.69, 9.17) is 10.5 Å². The van der Waals surface area contributed by atoms with Crippen molar-refractivity contribution in [2.24, 2.45) is 11.7 Å². The molecule has 1 saturated carbocycles. The summed E-state index contributed by atoms with van der Waals surface area (Å²) in [7, 11) is 0. The quantitative estimate of drug-likeness (QED) is 0.428. The zero-order valence-electron chi connectivity index (χ0n) is 12.8. The van der Waals surface area contributed by atoms with Crippen LogP contribution >= 0.6 is 0 Å². The first-order valence-corrected chi connectivity index (χ1v) is 7.09. The van der Waals surface area contributed by atoms with Crippen molar-refractivity contribution in [3.8, 4) is 0 Å². The lowest BCUT2D eigenvalue weighted by Gasteiger charge is -2.21. The van der Waals surface area contributed by atoms with Crippen molar-refractivity contribution >= 4 is 29.8 Å². The van der Waals surface area contributed by atoms with Gasteiger partial charge in [0.1, 0.15) is 12.1 Å². The number of carbonyl (C=O) groups excluding carboxylic acids is 5. The average Bonchev–Trinajstić information content (AvgIpc) is 3.24. The first-order chi connectivity index (χ1) is 10.6. The number of esters is 1. The first-order valence-electron chi connectivity index (χ1n) is 7.09. The molecule has 2 aliphatic rings. The van der Waals surface area contributed by atoms with E-state index in [9.17, 15) is 24.0 Å². The smallest absolute Gasteiger partial charge is 0.327 e. The predicted molar refractivity (Wildman–Crippen MR) is 74.7 cm³/mol. The molecular weight excluding hydrogens is 308 g/mol. The first kappa shape index (κ1) is 16.7. The molecule has 23 heavy (non-hydrogen) atoms. The average molecular weight is 326 g/mol. The number of imide groups is 2. The van der Waals surface area contributed by atoms with Crippen LogP contribution in [0.5, 0.6) is 0 Å². The highest BCUT2D eigenvalue weighted by atomic mass is 16.5. The number of nitrogens with one attached hydrogen (secondary N) is 2. The van der Waals surface area contributed by atoms with Crippen molar-refractivity contribution in [3.63, 3.8) is 0 Å². The van der Waals surface area contributed by atoms with E-state index in [0.717, 1.165) is 17.7 Å². The third-order valence-corrected chi connectivity index (χ3v) is 3.91. The number of hydrogen-bond acceptors (Lipinski definition) is 6. The lowest BCUT2D eigenvalue weighted by atomic mass is 9.96. The number of carbonyl (C=O) groups is 5. The summed E-state index contributed by atoms with van der Waals surface area (Å²) in [4.78, 5) is 58.7. The summed E-state index contributed by atoms with van der Waals surface area (Å²) >= 11 is 0. The molecule has 0 radical (unpaired) electrons. The third kappa shape index (κ3) is 3.41. The van der Waals surface area contributed by atoms with Crippen molar-refractivity contribution in [3.05, 3.63) is 0 Å². The maximum absolute atomic E-state index is 12.3. The van der Waals surface area contributed by atoms with Crippen LogP contribution in [0, 0.1) is 5.92 Å². The van der Waals surface area contributed by atoms with Gasteiger partial charge in [-0.1, -0.05) is 0 Å². The van der Waals surface area contributed by atoms with Crippen molar-refractivity contribution in [1.29, 1.82) is 0 Å². The summed E-state index contributed by atoms with van der Waals surface area (Å²) in [6.45, 7) is 2.25. The number of urea groups is 2. The minimum absolute atomic E-state index is 0.0697. The van der Waals surface area contributed by atoms with Crippen LogP contribution in [0.3, 0.4) is 0 Å². The van der Waals surface area contributed by atoms with Crippen LogP contribution in [0.25, 0.3) is 0 Å². The summed E-state index contributed by atoms with van der Waals surface area (Å²) < 4.78 is 4.78. The van der Waals surface area contributed by atoms with Gasteiger partial charge in [-0.3, -0.25) is 24.6 Å². The summed E-state index contributed by atoms with van der Waals surface area (Å²) in [5, 5.41) is 4.35. The Kier molecular flexibility index (Phi) is 4.26. The molecular formula is C13H18N4O6. The molecule has 10 heteroatoms. The van der Waals surface area contributed by atoms with Crippen LogP contribution in [-0.4, -0.2) is 52.9 Å². The Hall–Kier alpha value is -2.65. The fourth-order valence-corrected chi connectivity index (χ4v) is 2.44. The molecule has 4 N–H and O–H groups in total. The highest BCUT2D eigenvalue weighted by Crippen LogP contribution is 2.42. The summed E-state index contributed by atoms with van der Waals surface area (Å²) in [6, 6.07) is -1.75. The van der Waals surface area contributed by atoms with Gasteiger partial charge < -0.3 is 15.8 Å².